The average molecular weight is 246 g/mol. The molecule has 0 fully saturated rings. The van der Waals surface area contributed by atoms with Crippen molar-refractivity contribution < 1.29 is 4.74 Å². The molecule has 0 aromatic heterocycles. The van der Waals surface area contributed by atoms with Crippen molar-refractivity contribution in [2.45, 2.75) is 26.1 Å². The van der Waals surface area contributed by atoms with Crippen LogP contribution in [0.1, 0.15) is 6.42 Å². The lowest BCUT2D eigenvalue weighted by molar-refractivity contribution is 0.350. The van der Waals surface area contributed by atoms with Gasteiger partial charge in [-0.1, -0.05) is 49.6 Å². The van der Waals surface area contributed by atoms with Gasteiger partial charge >= 0.3 is 0 Å². The van der Waals surface area contributed by atoms with Crippen molar-refractivity contribution in [3.05, 3.63) is 54.3 Å². The summed E-state index contributed by atoms with van der Waals surface area (Å²) in [7, 11) is -1.19. The zero-order chi connectivity index (χ0) is 12.7. The van der Waals surface area contributed by atoms with Crippen LogP contribution in [0.15, 0.2) is 54.3 Å². The SMILES string of the molecule is C=CC/C(=C/[Si](C)(C)C)COc1ccccc1. The van der Waals surface area contributed by atoms with Gasteiger partial charge in [0.1, 0.15) is 12.4 Å². The molecule has 0 heterocycles. The first kappa shape index (κ1) is 13.8. The number of hydrogen-bond acceptors (Lipinski definition) is 1. The predicted octanol–water partition coefficient (Wildman–Crippen LogP) is 4.45. The van der Waals surface area contributed by atoms with E-state index < -0.39 is 8.07 Å². The maximum Gasteiger partial charge on any atom is 0.119 e. The summed E-state index contributed by atoms with van der Waals surface area (Å²) in [5, 5.41) is 0. The second-order valence-corrected chi connectivity index (χ2v) is 10.3. The summed E-state index contributed by atoms with van der Waals surface area (Å²) >= 11 is 0. The Morgan fingerprint density at radius 2 is 1.88 bits per heavy atom. The van der Waals surface area contributed by atoms with E-state index in [4.69, 9.17) is 4.74 Å². The molecule has 1 aromatic carbocycles. The van der Waals surface area contributed by atoms with Crippen LogP contribution < -0.4 is 4.74 Å². The smallest absolute Gasteiger partial charge is 0.119 e. The summed E-state index contributed by atoms with van der Waals surface area (Å²) in [5.74, 6) is 0.929. The summed E-state index contributed by atoms with van der Waals surface area (Å²) in [4.78, 5) is 0. The van der Waals surface area contributed by atoms with Gasteiger partial charge in [-0.15, -0.1) is 6.58 Å². The minimum atomic E-state index is -1.19. The average Bonchev–Trinajstić information content (AvgIpc) is 2.26. The van der Waals surface area contributed by atoms with Gasteiger partial charge in [0.15, 0.2) is 0 Å². The van der Waals surface area contributed by atoms with Crippen LogP contribution in [0.5, 0.6) is 5.75 Å². The lowest BCUT2D eigenvalue weighted by Crippen LogP contribution is -2.18. The van der Waals surface area contributed by atoms with Crippen LogP contribution in [0, 0.1) is 0 Å². The van der Waals surface area contributed by atoms with E-state index in [0.29, 0.717) is 6.61 Å². The third-order valence-electron chi connectivity index (χ3n) is 2.21. The van der Waals surface area contributed by atoms with Crippen LogP contribution in [0.25, 0.3) is 0 Å². The highest BCUT2D eigenvalue weighted by atomic mass is 28.3. The lowest BCUT2D eigenvalue weighted by Gasteiger charge is -2.14. The highest BCUT2D eigenvalue weighted by Gasteiger charge is 2.10. The second kappa shape index (κ2) is 6.45. The first-order chi connectivity index (χ1) is 8.01. The molecule has 0 saturated heterocycles. The highest BCUT2D eigenvalue weighted by Crippen LogP contribution is 2.14. The number of para-hydroxylation sites is 1. The van der Waals surface area contributed by atoms with E-state index >= 15 is 0 Å². The Morgan fingerprint density at radius 1 is 1.24 bits per heavy atom. The fourth-order valence-electron chi connectivity index (χ4n) is 1.65. The second-order valence-electron chi connectivity index (χ2n) is 5.26. The lowest BCUT2D eigenvalue weighted by atomic mass is 10.2. The molecule has 1 nitrogen and oxygen atoms in total. The molecule has 2 heteroatoms. The molecule has 0 amide bonds. The van der Waals surface area contributed by atoms with E-state index in [2.05, 4.69) is 31.9 Å². The molecule has 0 radical (unpaired) electrons. The summed E-state index contributed by atoms with van der Waals surface area (Å²) in [5.41, 5.74) is 3.74. The Bertz CT molecular complexity index is 374. The molecule has 0 spiro atoms. The summed E-state index contributed by atoms with van der Waals surface area (Å²) in [6, 6.07) is 9.95. The van der Waals surface area contributed by atoms with Crippen molar-refractivity contribution in [1.29, 1.82) is 0 Å². The van der Waals surface area contributed by atoms with Crippen LogP contribution in [0.2, 0.25) is 19.6 Å². The van der Waals surface area contributed by atoms with E-state index in [0.717, 1.165) is 12.2 Å². The van der Waals surface area contributed by atoms with E-state index in [1.807, 2.05) is 36.4 Å². The van der Waals surface area contributed by atoms with Crippen LogP contribution >= 0.6 is 0 Å². The molecular weight excluding hydrogens is 224 g/mol. The topological polar surface area (TPSA) is 9.23 Å². The van der Waals surface area contributed by atoms with Gasteiger partial charge in [0.2, 0.25) is 0 Å². The van der Waals surface area contributed by atoms with Gasteiger partial charge in [-0.05, 0) is 24.1 Å². The van der Waals surface area contributed by atoms with Gasteiger partial charge in [0.25, 0.3) is 0 Å². The Balaban J connectivity index is 2.62. The molecule has 0 aliphatic rings. The number of ether oxygens (including phenoxy) is 1. The zero-order valence-corrected chi connectivity index (χ0v) is 12.1. The summed E-state index contributed by atoms with van der Waals surface area (Å²) in [6.07, 6.45) is 2.86. The van der Waals surface area contributed by atoms with E-state index in [1.54, 1.807) is 0 Å². The van der Waals surface area contributed by atoms with Crippen LogP contribution in [0.4, 0.5) is 0 Å². The molecule has 0 aliphatic carbocycles. The summed E-state index contributed by atoms with van der Waals surface area (Å²) < 4.78 is 5.77. The van der Waals surface area contributed by atoms with Crippen molar-refractivity contribution in [3.63, 3.8) is 0 Å². The van der Waals surface area contributed by atoms with Crippen LogP contribution in [-0.2, 0) is 0 Å². The van der Waals surface area contributed by atoms with Crippen molar-refractivity contribution in [1.82, 2.24) is 0 Å². The molecule has 92 valence electrons. The van der Waals surface area contributed by atoms with Crippen LogP contribution in [-0.4, -0.2) is 14.7 Å². The van der Waals surface area contributed by atoms with Crippen LogP contribution in [0.3, 0.4) is 0 Å². The van der Waals surface area contributed by atoms with Crippen molar-refractivity contribution >= 4 is 8.07 Å². The van der Waals surface area contributed by atoms with Gasteiger partial charge in [0, 0.05) is 0 Å². The van der Waals surface area contributed by atoms with E-state index in [1.165, 1.54) is 5.57 Å². The van der Waals surface area contributed by atoms with Gasteiger partial charge in [-0.2, -0.15) is 0 Å². The van der Waals surface area contributed by atoms with Crippen molar-refractivity contribution in [2.24, 2.45) is 0 Å². The normalized spacial score (nSPS) is 12.3. The minimum Gasteiger partial charge on any atom is -0.489 e. The molecule has 0 unspecified atom stereocenters. The molecule has 1 rings (SSSR count). The largest absolute Gasteiger partial charge is 0.489 e. The number of allylic oxidation sites excluding steroid dienone is 1. The Kier molecular flexibility index (Phi) is 5.23. The first-order valence-electron chi connectivity index (χ1n) is 6.00. The molecule has 0 saturated carbocycles. The number of benzene rings is 1. The number of rotatable bonds is 6. The maximum absolute atomic E-state index is 5.77. The summed E-state index contributed by atoms with van der Waals surface area (Å²) in [6.45, 7) is 11.5. The quantitative estimate of drug-likeness (QED) is 0.532. The van der Waals surface area contributed by atoms with Gasteiger partial charge < -0.3 is 4.74 Å². The zero-order valence-electron chi connectivity index (χ0n) is 11.1. The van der Waals surface area contributed by atoms with Gasteiger partial charge in [0.05, 0.1) is 8.07 Å². The third kappa shape index (κ3) is 6.12. The Morgan fingerprint density at radius 3 is 2.41 bits per heavy atom. The monoisotopic (exact) mass is 246 g/mol. The van der Waals surface area contributed by atoms with E-state index in [-0.39, 0.29) is 0 Å². The Hall–Kier alpha value is -1.28. The standard InChI is InChI=1S/C15H22OSi/c1-5-9-14(13-17(2,3)4)12-16-15-10-7-6-8-11-15/h5-8,10-11,13H,1,9,12H2,2-4H3/b14-13-. The fourth-order valence-corrected chi connectivity index (χ4v) is 3.08. The first-order valence-corrected chi connectivity index (χ1v) is 9.58. The minimum absolute atomic E-state index is 0.667. The molecular formula is C15H22OSi. The fraction of sp³-hybridized carbons (Fsp3) is 0.333. The van der Waals surface area contributed by atoms with Crippen molar-refractivity contribution in [3.8, 4) is 5.75 Å². The number of hydrogen-bond donors (Lipinski definition) is 0. The molecule has 0 bridgehead atoms. The third-order valence-corrected chi connectivity index (χ3v) is 3.49. The Labute approximate surface area is 106 Å². The molecule has 17 heavy (non-hydrogen) atoms. The molecule has 0 N–H and O–H groups in total. The molecule has 0 aliphatic heterocycles. The van der Waals surface area contributed by atoms with Gasteiger partial charge in [-0.25, -0.2) is 0 Å². The predicted molar refractivity (Wildman–Crippen MR) is 78.2 cm³/mol. The van der Waals surface area contributed by atoms with Crippen molar-refractivity contribution in [2.75, 3.05) is 6.61 Å². The molecule has 0 atom stereocenters. The highest BCUT2D eigenvalue weighted by molar-refractivity contribution is 6.81. The van der Waals surface area contributed by atoms with Gasteiger partial charge in [-0.3, -0.25) is 0 Å². The van der Waals surface area contributed by atoms with E-state index in [9.17, 15) is 0 Å². The molecule has 1 aromatic rings. The maximum atomic E-state index is 5.77.